The zero-order valence-corrected chi connectivity index (χ0v) is 34.4. The molecule has 1 unspecified atom stereocenters. The van der Waals surface area contributed by atoms with Crippen molar-refractivity contribution in [2.45, 2.75) is 33.6 Å². The standard InChI is InChI=1S/C57H45N3/c1-6-9-18-40(7-2)58-49-23-14-11-20-43(49)47-34-38(28-31-53(47)58)39-29-32-54-48(35-39)44-21-12-15-24-50(44)59(54)41(8-3)33-37(5)55-46-22-13-17-26-52(46)60-51-25-16-10-19-42(51)45-30-27-36(4)56(55)57(45)60/h6-35,55H,2H2,1,3-5H3/b9-6-,37-33-,40-18+,41-8+. The number of aromatic nitrogens is 3. The molecular weight excluding hydrogens is 727 g/mol. The first-order chi connectivity index (χ1) is 29.5. The SMILES string of the molecule is C=C/C(=C\C=C/C)n1c2ccccc2c2cc(-c3ccc4c(c3)c3ccccc3n4C(/C=C(/C)C3c4ccccc4-n4c5ccccc5c5ccc(C)c3c54)=C/C)ccc21. The fourth-order valence-electron chi connectivity index (χ4n) is 10.2. The first-order valence-corrected chi connectivity index (χ1v) is 21.0. The number of benzene rings is 7. The molecule has 0 saturated carbocycles. The fraction of sp³-hybridized carbons (Fsp3) is 0.0877. The molecule has 1 aliphatic rings. The van der Waals surface area contributed by atoms with Crippen LogP contribution in [0.25, 0.3) is 93.6 Å². The lowest BCUT2D eigenvalue weighted by Gasteiger charge is -2.31. The Morgan fingerprint density at radius 2 is 1.12 bits per heavy atom. The molecule has 11 rings (SSSR count). The molecule has 0 saturated heterocycles. The molecule has 1 aliphatic heterocycles. The van der Waals surface area contributed by atoms with Gasteiger partial charge in [-0.25, -0.2) is 0 Å². The number of fused-ring (bicyclic) bond motifs is 11. The second-order valence-corrected chi connectivity index (χ2v) is 16.1. The van der Waals surface area contributed by atoms with Gasteiger partial charge in [0, 0.05) is 49.6 Å². The normalized spacial score (nSPS) is 14.8. The van der Waals surface area contributed by atoms with Gasteiger partial charge in [-0.15, -0.1) is 0 Å². The molecule has 1 atom stereocenters. The van der Waals surface area contributed by atoms with Crippen LogP contribution in [-0.4, -0.2) is 13.7 Å². The second kappa shape index (κ2) is 13.9. The lowest BCUT2D eigenvalue weighted by atomic mass is 9.79. The van der Waals surface area contributed by atoms with Crippen LogP contribution in [0.3, 0.4) is 0 Å². The molecule has 0 spiro atoms. The van der Waals surface area contributed by atoms with Crippen molar-refractivity contribution in [1.82, 2.24) is 13.7 Å². The summed E-state index contributed by atoms with van der Waals surface area (Å²) < 4.78 is 7.28. The van der Waals surface area contributed by atoms with E-state index >= 15 is 0 Å². The summed E-state index contributed by atoms with van der Waals surface area (Å²) in [5.41, 5.74) is 18.6. The van der Waals surface area contributed by atoms with Gasteiger partial charge in [-0.05, 0) is 122 Å². The molecule has 0 fully saturated rings. The van der Waals surface area contributed by atoms with E-state index in [4.69, 9.17) is 0 Å². The molecule has 0 bridgehead atoms. The third-order valence-electron chi connectivity index (χ3n) is 12.9. The Labute approximate surface area is 350 Å². The van der Waals surface area contributed by atoms with Crippen molar-refractivity contribution in [3.63, 3.8) is 0 Å². The van der Waals surface area contributed by atoms with E-state index in [0.717, 1.165) is 11.4 Å². The highest BCUT2D eigenvalue weighted by Gasteiger charge is 2.32. The van der Waals surface area contributed by atoms with Gasteiger partial charge in [0.25, 0.3) is 0 Å². The van der Waals surface area contributed by atoms with Crippen LogP contribution in [0, 0.1) is 6.92 Å². The lowest BCUT2D eigenvalue weighted by molar-refractivity contribution is 0.891. The van der Waals surface area contributed by atoms with Crippen LogP contribution >= 0.6 is 0 Å². The quantitative estimate of drug-likeness (QED) is 0.143. The van der Waals surface area contributed by atoms with Gasteiger partial charge in [0.05, 0.1) is 38.8 Å². The van der Waals surface area contributed by atoms with Crippen molar-refractivity contribution < 1.29 is 0 Å². The first-order valence-electron chi connectivity index (χ1n) is 21.0. The van der Waals surface area contributed by atoms with Crippen LogP contribution in [-0.2, 0) is 0 Å². The molecule has 60 heavy (non-hydrogen) atoms. The average Bonchev–Trinajstić information content (AvgIpc) is 3.93. The van der Waals surface area contributed by atoms with E-state index in [0.29, 0.717) is 0 Å². The summed E-state index contributed by atoms with van der Waals surface area (Å²) in [6, 6.07) is 53.9. The number of para-hydroxylation sites is 4. The smallest absolute Gasteiger partial charge is 0.0585 e. The third-order valence-corrected chi connectivity index (χ3v) is 12.9. The number of hydrogen-bond donors (Lipinski definition) is 0. The zero-order chi connectivity index (χ0) is 40.6. The Kier molecular flexibility index (Phi) is 8.28. The van der Waals surface area contributed by atoms with Crippen LogP contribution in [0.1, 0.15) is 43.4 Å². The van der Waals surface area contributed by atoms with Gasteiger partial charge < -0.3 is 13.7 Å². The van der Waals surface area contributed by atoms with Crippen molar-refractivity contribution >= 4 is 76.8 Å². The van der Waals surface area contributed by atoms with Gasteiger partial charge >= 0.3 is 0 Å². The number of rotatable bonds is 7. The van der Waals surface area contributed by atoms with E-state index in [1.165, 1.54) is 104 Å². The van der Waals surface area contributed by atoms with E-state index in [9.17, 15) is 0 Å². The van der Waals surface area contributed by atoms with E-state index in [-0.39, 0.29) is 5.92 Å². The van der Waals surface area contributed by atoms with Crippen LogP contribution in [0.2, 0.25) is 0 Å². The number of nitrogens with zero attached hydrogens (tertiary/aromatic N) is 3. The van der Waals surface area contributed by atoms with Crippen molar-refractivity contribution in [3.8, 4) is 16.8 Å². The predicted octanol–water partition coefficient (Wildman–Crippen LogP) is 15.5. The second-order valence-electron chi connectivity index (χ2n) is 16.1. The van der Waals surface area contributed by atoms with Gasteiger partial charge in [0.15, 0.2) is 0 Å². The molecule has 0 amide bonds. The molecule has 0 N–H and O–H groups in total. The first kappa shape index (κ1) is 35.8. The summed E-state index contributed by atoms with van der Waals surface area (Å²) in [4.78, 5) is 0. The van der Waals surface area contributed by atoms with Crippen LogP contribution < -0.4 is 0 Å². The molecule has 4 heterocycles. The largest absolute Gasteiger partial charge is 0.310 e. The van der Waals surface area contributed by atoms with Crippen molar-refractivity contribution in [1.29, 1.82) is 0 Å². The van der Waals surface area contributed by atoms with Crippen LogP contribution in [0.5, 0.6) is 0 Å². The molecule has 3 aromatic heterocycles. The minimum Gasteiger partial charge on any atom is -0.310 e. The third kappa shape index (κ3) is 5.15. The minimum atomic E-state index is 0.110. The molecular formula is C57H45N3. The summed E-state index contributed by atoms with van der Waals surface area (Å²) in [7, 11) is 0. The maximum Gasteiger partial charge on any atom is 0.0585 e. The highest BCUT2D eigenvalue weighted by molar-refractivity contribution is 6.14. The molecule has 0 aliphatic carbocycles. The Bertz CT molecular complexity index is 3550. The van der Waals surface area contributed by atoms with Gasteiger partial charge in [-0.2, -0.15) is 0 Å². The highest BCUT2D eigenvalue weighted by Crippen LogP contribution is 2.49. The number of aryl methyl sites for hydroxylation is 1. The maximum atomic E-state index is 4.16. The summed E-state index contributed by atoms with van der Waals surface area (Å²) in [6.45, 7) is 13.0. The van der Waals surface area contributed by atoms with E-state index in [1.807, 2.05) is 13.0 Å². The summed E-state index contributed by atoms with van der Waals surface area (Å²) in [6.07, 6.45) is 12.9. The number of allylic oxidation sites excluding steroid dienone is 9. The van der Waals surface area contributed by atoms with Crippen LogP contribution in [0.4, 0.5) is 0 Å². The Morgan fingerprint density at radius 3 is 1.73 bits per heavy atom. The molecule has 288 valence electrons. The molecule has 0 radical (unpaired) electrons. The van der Waals surface area contributed by atoms with Gasteiger partial charge in [0.1, 0.15) is 0 Å². The van der Waals surface area contributed by atoms with Crippen LogP contribution in [0.15, 0.2) is 194 Å². The van der Waals surface area contributed by atoms with E-state index in [1.54, 1.807) is 0 Å². The van der Waals surface area contributed by atoms with Gasteiger partial charge in [0.2, 0.25) is 0 Å². The summed E-state index contributed by atoms with van der Waals surface area (Å²) in [5, 5.41) is 7.56. The molecule has 3 heteroatoms. The Balaban J connectivity index is 1.06. The molecule has 10 aromatic rings. The molecule has 7 aromatic carbocycles. The Hall–Kier alpha value is -7.36. The summed E-state index contributed by atoms with van der Waals surface area (Å²) >= 11 is 0. The number of hydrogen-bond acceptors (Lipinski definition) is 0. The fourth-order valence-corrected chi connectivity index (χ4v) is 10.2. The zero-order valence-electron chi connectivity index (χ0n) is 34.4. The van der Waals surface area contributed by atoms with Crippen molar-refractivity contribution in [2.75, 3.05) is 0 Å². The monoisotopic (exact) mass is 771 g/mol. The predicted molar refractivity (Wildman–Crippen MR) is 258 cm³/mol. The lowest BCUT2D eigenvalue weighted by Crippen LogP contribution is -2.16. The van der Waals surface area contributed by atoms with E-state index < -0.39 is 0 Å². The summed E-state index contributed by atoms with van der Waals surface area (Å²) in [5.74, 6) is 0.110. The van der Waals surface area contributed by atoms with E-state index in [2.05, 4.69) is 217 Å². The van der Waals surface area contributed by atoms with Gasteiger partial charge in [-0.1, -0.05) is 127 Å². The topological polar surface area (TPSA) is 14.8 Å². The maximum absolute atomic E-state index is 4.16. The van der Waals surface area contributed by atoms with Crippen molar-refractivity contribution in [2.24, 2.45) is 0 Å². The molecule has 3 nitrogen and oxygen atoms in total. The van der Waals surface area contributed by atoms with Gasteiger partial charge in [-0.3, -0.25) is 0 Å². The highest BCUT2D eigenvalue weighted by atomic mass is 15.0. The minimum absolute atomic E-state index is 0.110. The van der Waals surface area contributed by atoms with Crippen molar-refractivity contribution in [3.05, 3.63) is 211 Å². The average molecular weight is 772 g/mol. The Morgan fingerprint density at radius 1 is 0.567 bits per heavy atom.